The maximum absolute atomic E-state index is 4.63. The largest absolute Gasteiger partial charge is 0.389 e. The van der Waals surface area contributed by atoms with Crippen molar-refractivity contribution in [2.24, 2.45) is 5.92 Å². The fraction of sp³-hybridized carbons (Fsp3) is 0.519. The van der Waals surface area contributed by atoms with E-state index in [1.807, 2.05) is 36.4 Å². The zero-order chi connectivity index (χ0) is 25.3. The molecule has 0 saturated heterocycles. The van der Waals surface area contributed by atoms with Crippen LogP contribution in [-0.2, 0) is 0 Å². The molecule has 2 aromatic heterocycles. The SMILES string of the molecule is C=C(CC(C)C)NCCCCC.C=C(Nc1ccc2c(c1)nc(C)c1nnc(C)n12)NC(C)C. The molecule has 7 heteroatoms. The van der Waals surface area contributed by atoms with Crippen molar-refractivity contribution in [3.8, 4) is 0 Å². The molecule has 0 radical (unpaired) electrons. The topological polar surface area (TPSA) is 79.2 Å². The van der Waals surface area contributed by atoms with Crippen LogP contribution in [0.1, 0.15) is 71.8 Å². The van der Waals surface area contributed by atoms with E-state index in [1.165, 1.54) is 25.0 Å². The first-order valence-corrected chi connectivity index (χ1v) is 12.4. The highest BCUT2D eigenvalue weighted by molar-refractivity contribution is 5.82. The number of hydrogen-bond donors (Lipinski definition) is 3. The molecule has 7 nitrogen and oxygen atoms in total. The van der Waals surface area contributed by atoms with Crippen LogP contribution in [0.15, 0.2) is 42.9 Å². The molecule has 0 aliphatic rings. The van der Waals surface area contributed by atoms with Crippen molar-refractivity contribution in [2.45, 2.75) is 80.2 Å². The van der Waals surface area contributed by atoms with E-state index >= 15 is 0 Å². The number of nitrogens with one attached hydrogen (secondary N) is 3. The number of hydrogen-bond acceptors (Lipinski definition) is 6. The summed E-state index contributed by atoms with van der Waals surface area (Å²) in [5.74, 6) is 2.35. The molecule has 2 heterocycles. The van der Waals surface area contributed by atoms with Crippen molar-refractivity contribution in [3.63, 3.8) is 0 Å². The third-order valence-electron chi connectivity index (χ3n) is 5.22. The van der Waals surface area contributed by atoms with Crippen LogP contribution in [0.2, 0.25) is 0 Å². The molecule has 3 aromatic rings. The molecule has 186 valence electrons. The Labute approximate surface area is 205 Å². The maximum Gasteiger partial charge on any atom is 0.182 e. The number of nitrogens with zero attached hydrogens (tertiary/aromatic N) is 4. The molecule has 0 atom stereocenters. The molecule has 0 unspecified atom stereocenters. The number of aryl methyl sites for hydroxylation is 2. The summed E-state index contributed by atoms with van der Waals surface area (Å²) < 4.78 is 2.03. The first-order valence-electron chi connectivity index (χ1n) is 12.4. The highest BCUT2D eigenvalue weighted by Crippen LogP contribution is 2.22. The van der Waals surface area contributed by atoms with E-state index in [2.05, 4.69) is 78.9 Å². The van der Waals surface area contributed by atoms with E-state index in [1.54, 1.807) is 0 Å². The number of unbranched alkanes of at least 4 members (excludes halogenated alkanes) is 2. The third-order valence-corrected chi connectivity index (χ3v) is 5.22. The van der Waals surface area contributed by atoms with Gasteiger partial charge in [0.1, 0.15) is 5.82 Å². The Hall–Kier alpha value is -3.09. The number of allylic oxidation sites excluding steroid dienone is 1. The maximum atomic E-state index is 4.63. The van der Waals surface area contributed by atoms with Gasteiger partial charge in [-0.3, -0.25) is 4.40 Å². The molecule has 34 heavy (non-hydrogen) atoms. The van der Waals surface area contributed by atoms with Gasteiger partial charge in [0, 0.05) is 24.0 Å². The lowest BCUT2D eigenvalue weighted by Crippen LogP contribution is -2.25. The van der Waals surface area contributed by atoms with Gasteiger partial charge in [-0.1, -0.05) is 46.8 Å². The van der Waals surface area contributed by atoms with Crippen molar-refractivity contribution < 1.29 is 0 Å². The molecule has 0 amide bonds. The van der Waals surface area contributed by atoms with Gasteiger partial charge in [-0.05, 0) is 64.7 Å². The van der Waals surface area contributed by atoms with E-state index in [-0.39, 0.29) is 0 Å². The van der Waals surface area contributed by atoms with Crippen molar-refractivity contribution in [3.05, 3.63) is 54.4 Å². The Bertz CT molecular complexity index is 1100. The fourth-order valence-electron chi connectivity index (χ4n) is 3.76. The van der Waals surface area contributed by atoms with E-state index in [4.69, 9.17) is 0 Å². The van der Waals surface area contributed by atoms with Crippen LogP contribution in [0.5, 0.6) is 0 Å². The van der Waals surface area contributed by atoms with Crippen molar-refractivity contribution in [2.75, 3.05) is 11.9 Å². The van der Waals surface area contributed by atoms with Gasteiger partial charge in [0.15, 0.2) is 5.65 Å². The van der Waals surface area contributed by atoms with Gasteiger partial charge in [-0.25, -0.2) is 4.98 Å². The average molecular weight is 466 g/mol. The van der Waals surface area contributed by atoms with Crippen molar-refractivity contribution >= 4 is 22.4 Å². The van der Waals surface area contributed by atoms with Gasteiger partial charge in [0.2, 0.25) is 0 Å². The van der Waals surface area contributed by atoms with Gasteiger partial charge >= 0.3 is 0 Å². The zero-order valence-corrected chi connectivity index (χ0v) is 22.1. The molecule has 0 spiro atoms. The Kier molecular flexibility index (Phi) is 10.4. The highest BCUT2D eigenvalue weighted by atomic mass is 15.3. The second-order valence-corrected chi connectivity index (χ2v) is 9.54. The summed E-state index contributed by atoms with van der Waals surface area (Å²) in [7, 11) is 0. The molecule has 3 N–H and O–H groups in total. The van der Waals surface area contributed by atoms with Gasteiger partial charge in [0.25, 0.3) is 0 Å². The lowest BCUT2D eigenvalue weighted by molar-refractivity contribution is 0.587. The minimum absolute atomic E-state index is 0.333. The smallest absolute Gasteiger partial charge is 0.182 e. The van der Waals surface area contributed by atoms with Crippen LogP contribution in [0.3, 0.4) is 0 Å². The first kappa shape index (κ1) is 27.2. The number of anilines is 1. The van der Waals surface area contributed by atoms with Gasteiger partial charge in [-0.2, -0.15) is 0 Å². The molecule has 0 aliphatic carbocycles. The summed E-state index contributed by atoms with van der Waals surface area (Å²) in [5, 5.41) is 18.2. The molecule has 0 saturated carbocycles. The van der Waals surface area contributed by atoms with Crippen LogP contribution in [0.4, 0.5) is 5.69 Å². The number of rotatable bonds is 11. The Balaban J connectivity index is 0.000000292. The summed E-state index contributed by atoms with van der Waals surface area (Å²) in [5.41, 5.74) is 5.70. The monoisotopic (exact) mass is 465 g/mol. The number of aromatic nitrogens is 4. The normalized spacial score (nSPS) is 11.0. The van der Waals surface area contributed by atoms with Crippen molar-refractivity contribution in [1.82, 2.24) is 30.2 Å². The summed E-state index contributed by atoms with van der Waals surface area (Å²) >= 11 is 0. The molecule has 0 fully saturated rings. The summed E-state index contributed by atoms with van der Waals surface area (Å²) in [6.45, 7) is 23.8. The Morgan fingerprint density at radius 2 is 1.79 bits per heavy atom. The average Bonchev–Trinajstić information content (AvgIpc) is 3.13. The van der Waals surface area contributed by atoms with Gasteiger partial charge in [0.05, 0.1) is 22.5 Å². The molecule has 0 aliphatic heterocycles. The first-order chi connectivity index (χ1) is 16.1. The Morgan fingerprint density at radius 1 is 1.06 bits per heavy atom. The number of benzene rings is 1. The van der Waals surface area contributed by atoms with E-state index in [9.17, 15) is 0 Å². The van der Waals surface area contributed by atoms with Crippen LogP contribution in [0, 0.1) is 19.8 Å². The lowest BCUT2D eigenvalue weighted by atomic mass is 10.1. The molecule has 1 aromatic carbocycles. The van der Waals surface area contributed by atoms with Crippen LogP contribution in [-0.4, -0.2) is 32.2 Å². The van der Waals surface area contributed by atoms with E-state index < -0.39 is 0 Å². The van der Waals surface area contributed by atoms with Gasteiger partial charge in [-0.15, -0.1) is 10.2 Å². The predicted octanol–water partition coefficient (Wildman–Crippen LogP) is 6.10. The fourth-order valence-corrected chi connectivity index (χ4v) is 3.76. The molecule has 0 bridgehead atoms. The quantitative estimate of drug-likeness (QED) is 0.297. The van der Waals surface area contributed by atoms with Gasteiger partial charge < -0.3 is 16.0 Å². The van der Waals surface area contributed by atoms with Crippen molar-refractivity contribution in [1.29, 1.82) is 0 Å². The standard InChI is InChI=1S/C16H20N6.C11H23N/c1-9(2)17-11(4)19-13-6-7-15-14(8-13)18-10(3)16-21-20-12(5)22(15)16;1-5-6-7-8-12-11(4)9-10(2)3/h6-9,17,19H,4H2,1-3,5H3;10,12H,4-9H2,1-3H3. The second kappa shape index (κ2) is 13.0. The zero-order valence-electron chi connectivity index (χ0n) is 22.1. The minimum Gasteiger partial charge on any atom is -0.389 e. The Morgan fingerprint density at radius 3 is 2.44 bits per heavy atom. The number of fused-ring (bicyclic) bond motifs is 3. The lowest BCUT2D eigenvalue weighted by Gasteiger charge is -2.15. The highest BCUT2D eigenvalue weighted by Gasteiger charge is 2.10. The third kappa shape index (κ3) is 8.04. The molecule has 3 rings (SSSR count). The minimum atomic E-state index is 0.333. The predicted molar refractivity (Wildman–Crippen MR) is 145 cm³/mol. The molecular formula is C27H43N7. The van der Waals surface area contributed by atoms with Crippen LogP contribution in [0.25, 0.3) is 16.7 Å². The molecular weight excluding hydrogens is 422 g/mol. The van der Waals surface area contributed by atoms with Crippen LogP contribution < -0.4 is 16.0 Å². The van der Waals surface area contributed by atoms with Crippen LogP contribution >= 0.6 is 0 Å². The summed E-state index contributed by atoms with van der Waals surface area (Å²) in [6.07, 6.45) is 4.99. The second-order valence-electron chi connectivity index (χ2n) is 9.54. The summed E-state index contributed by atoms with van der Waals surface area (Å²) in [6, 6.07) is 6.37. The van der Waals surface area contributed by atoms with E-state index in [0.717, 1.165) is 58.6 Å². The summed E-state index contributed by atoms with van der Waals surface area (Å²) in [4.78, 5) is 4.63. The van der Waals surface area contributed by atoms with E-state index in [0.29, 0.717) is 6.04 Å².